The number of nitrogens with one attached hydrogen (secondary N) is 1. The van der Waals surface area contributed by atoms with Crippen LogP contribution in [0.5, 0.6) is 0 Å². The van der Waals surface area contributed by atoms with Gasteiger partial charge in [-0.15, -0.1) is 0 Å². The first-order valence-electron chi connectivity index (χ1n) is 4.94. The van der Waals surface area contributed by atoms with Gasteiger partial charge in [-0.25, -0.2) is 13.8 Å². The second kappa shape index (κ2) is 5.10. The van der Waals surface area contributed by atoms with E-state index in [4.69, 9.17) is 11.6 Å². The van der Waals surface area contributed by atoms with Gasteiger partial charge in [0.25, 0.3) is 0 Å². The Morgan fingerprint density at radius 1 is 1.18 bits per heavy atom. The van der Waals surface area contributed by atoms with Crippen molar-refractivity contribution in [3.05, 3.63) is 58.7 Å². The minimum atomic E-state index is -0.709. The van der Waals surface area contributed by atoms with Crippen LogP contribution >= 0.6 is 11.6 Å². The lowest BCUT2D eigenvalue weighted by Gasteiger charge is -2.06. The fourth-order valence-corrected chi connectivity index (χ4v) is 1.46. The number of pyridine rings is 1. The first-order valence-corrected chi connectivity index (χ1v) is 5.32. The van der Waals surface area contributed by atoms with Crippen LogP contribution in [0.2, 0.25) is 5.02 Å². The van der Waals surface area contributed by atoms with Crippen LogP contribution in [0.25, 0.3) is 0 Å². The minimum absolute atomic E-state index is 0.0290. The van der Waals surface area contributed by atoms with Gasteiger partial charge in [0.05, 0.1) is 6.20 Å². The molecule has 0 aliphatic carbocycles. The standard InChI is InChI=1S/C12H9ClF2N2/c13-9-3-1-8(2-4-9)6-16-12-11(15)5-10(14)7-17-12/h1-5,7H,6H2,(H,16,17). The van der Waals surface area contributed by atoms with E-state index in [1.54, 1.807) is 12.1 Å². The molecule has 1 N–H and O–H groups in total. The van der Waals surface area contributed by atoms with Gasteiger partial charge < -0.3 is 5.32 Å². The van der Waals surface area contributed by atoms with Gasteiger partial charge in [-0.2, -0.15) is 0 Å². The molecule has 0 radical (unpaired) electrons. The minimum Gasteiger partial charge on any atom is -0.364 e. The number of halogens is 3. The molecule has 17 heavy (non-hydrogen) atoms. The lowest BCUT2D eigenvalue weighted by atomic mass is 10.2. The first kappa shape index (κ1) is 11.8. The van der Waals surface area contributed by atoms with E-state index in [2.05, 4.69) is 10.3 Å². The Balaban J connectivity index is 2.04. The van der Waals surface area contributed by atoms with Crippen LogP contribution in [0.3, 0.4) is 0 Å². The maximum absolute atomic E-state index is 13.2. The van der Waals surface area contributed by atoms with Gasteiger partial charge in [-0.3, -0.25) is 0 Å². The van der Waals surface area contributed by atoms with E-state index in [1.165, 1.54) is 0 Å². The predicted molar refractivity (Wildman–Crippen MR) is 62.9 cm³/mol. The quantitative estimate of drug-likeness (QED) is 0.905. The van der Waals surface area contributed by atoms with Crippen LogP contribution in [-0.2, 0) is 6.54 Å². The van der Waals surface area contributed by atoms with E-state index in [-0.39, 0.29) is 5.82 Å². The number of hydrogen-bond acceptors (Lipinski definition) is 2. The monoisotopic (exact) mass is 254 g/mol. The number of aromatic nitrogens is 1. The Hall–Kier alpha value is -1.68. The van der Waals surface area contributed by atoms with Gasteiger partial charge in [0.2, 0.25) is 0 Å². The van der Waals surface area contributed by atoms with E-state index in [1.807, 2.05) is 12.1 Å². The molecule has 0 bridgehead atoms. The molecule has 0 unspecified atom stereocenters. The second-order valence-electron chi connectivity index (χ2n) is 3.46. The molecule has 0 fully saturated rings. The van der Waals surface area contributed by atoms with Crippen LogP contribution in [0.1, 0.15) is 5.56 Å². The van der Waals surface area contributed by atoms with Crippen LogP contribution < -0.4 is 5.32 Å². The molecule has 1 aromatic heterocycles. The molecule has 0 spiro atoms. The lowest BCUT2D eigenvalue weighted by Crippen LogP contribution is -2.03. The van der Waals surface area contributed by atoms with Crippen LogP contribution in [0, 0.1) is 11.6 Å². The molecule has 1 aromatic carbocycles. The van der Waals surface area contributed by atoms with Crippen LogP contribution in [0.15, 0.2) is 36.5 Å². The van der Waals surface area contributed by atoms with Gasteiger partial charge in [0.1, 0.15) is 5.82 Å². The maximum atomic E-state index is 13.2. The van der Waals surface area contributed by atoms with Gasteiger partial charge >= 0.3 is 0 Å². The summed E-state index contributed by atoms with van der Waals surface area (Å²) in [7, 11) is 0. The number of hydrogen-bond donors (Lipinski definition) is 1. The van der Waals surface area contributed by atoms with Gasteiger partial charge in [-0.05, 0) is 17.7 Å². The maximum Gasteiger partial charge on any atom is 0.168 e. The van der Waals surface area contributed by atoms with E-state index >= 15 is 0 Å². The highest BCUT2D eigenvalue weighted by Crippen LogP contribution is 2.14. The van der Waals surface area contributed by atoms with Crippen molar-refractivity contribution in [2.45, 2.75) is 6.54 Å². The second-order valence-corrected chi connectivity index (χ2v) is 3.90. The molecular formula is C12H9ClF2N2. The Labute approximate surface area is 102 Å². The molecule has 0 saturated carbocycles. The molecule has 0 amide bonds. The predicted octanol–water partition coefficient (Wildman–Crippen LogP) is 3.63. The third-order valence-electron chi connectivity index (χ3n) is 2.18. The molecule has 0 aliphatic rings. The highest BCUT2D eigenvalue weighted by Gasteiger charge is 2.04. The number of rotatable bonds is 3. The largest absolute Gasteiger partial charge is 0.364 e. The topological polar surface area (TPSA) is 24.9 Å². The summed E-state index contributed by atoms with van der Waals surface area (Å²) in [4.78, 5) is 3.62. The fourth-order valence-electron chi connectivity index (χ4n) is 1.33. The summed E-state index contributed by atoms with van der Waals surface area (Å²) in [5, 5.41) is 3.42. The Morgan fingerprint density at radius 3 is 2.53 bits per heavy atom. The van der Waals surface area contributed by atoms with E-state index in [0.29, 0.717) is 11.6 Å². The summed E-state index contributed by atoms with van der Waals surface area (Å²) in [5.41, 5.74) is 0.930. The van der Waals surface area contributed by atoms with E-state index < -0.39 is 11.6 Å². The fraction of sp³-hybridized carbons (Fsp3) is 0.0833. The van der Waals surface area contributed by atoms with Gasteiger partial charge in [-0.1, -0.05) is 23.7 Å². The summed E-state index contributed by atoms with van der Waals surface area (Å²) in [6.07, 6.45) is 0.966. The first-order chi connectivity index (χ1) is 8.15. The smallest absolute Gasteiger partial charge is 0.168 e. The molecule has 2 rings (SSSR count). The molecule has 1 heterocycles. The molecule has 2 aromatic rings. The molecular weight excluding hydrogens is 246 g/mol. The van der Waals surface area contributed by atoms with Crippen molar-refractivity contribution in [2.24, 2.45) is 0 Å². The summed E-state index contributed by atoms with van der Waals surface area (Å²) in [6, 6.07) is 7.91. The van der Waals surface area contributed by atoms with Crippen molar-refractivity contribution < 1.29 is 8.78 Å². The highest BCUT2D eigenvalue weighted by molar-refractivity contribution is 6.30. The van der Waals surface area contributed by atoms with Crippen molar-refractivity contribution in [1.29, 1.82) is 0 Å². The molecule has 0 saturated heterocycles. The summed E-state index contributed by atoms with van der Waals surface area (Å²) >= 11 is 5.74. The average molecular weight is 255 g/mol. The van der Waals surface area contributed by atoms with E-state index in [0.717, 1.165) is 17.8 Å². The summed E-state index contributed by atoms with van der Waals surface area (Å²) in [5.74, 6) is -1.38. The SMILES string of the molecule is Fc1cnc(NCc2ccc(Cl)cc2)c(F)c1. The molecule has 2 nitrogen and oxygen atoms in total. The summed E-state index contributed by atoms with van der Waals surface area (Å²) < 4.78 is 25.8. The highest BCUT2D eigenvalue weighted by atomic mass is 35.5. The zero-order valence-electron chi connectivity index (χ0n) is 8.75. The number of nitrogens with zero attached hydrogens (tertiary/aromatic N) is 1. The van der Waals surface area contributed by atoms with Gasteiger partial charge in [0, 0.05) is 17.6 Å². The van der Waals surface area contributed by atoms with Crippen molar-refractivity contribution in [3.8, 4) is 0 Å². The van der Waals surface area contributed by atoms with E-state index in [9.17, 15) is 8.78 Å². The van der Waals surface area contributed by atoms with Crippen molar-refractivity contribution >= 4 is 17.4 Å². The number of benzene rings is 1. The normalized spacial score (nSPS) is 10.3. The Bertz CT molecular complexity index is 514. The third-order valence-corrected chi connectivity index (χ3v) is 2.43. The van der Waals surface area contributed by atoms with Crippen molar-refractivity contribution in [2.75, 3.05) is 5.32 Å². The Kier molecular flexibility index (Phi) is 3.54. The molecule has 0 aliphatic heterocycles. The van der Waals surface area contributed by atoms with Crippen molar-refractivity contribution in [1.82, 2.24) is 4.98 Å². The zero-order valence-corrected chi connectivity index (χ0v) is 9.51. The third kappa shape index (κ3) is 3.14. The summed E-state index contributed by atoms with van der Waals surface area (Å²) in [6.45, 7) is 0.396. The molecule has 0 atom stereocenters. The zero-order chi connectivity index (χ0) is 12.3. The van der Waals surface area contributed by atoms with Crippen molar-refractivity contribution in [3.63, 3.8) is 0 Å². The number of anilines is 1. The average Bonchev–Trinajstić information content (AvgIpc) is 2.30. The van der Waals surface area contributed by atoms with Crippen LogP contribution in [0.4, 0.5) is 14.6 Å². The molecule has 5 heteroatoms. The molecule has 88 valence electrons. The van der Waals surface area contributed by atoms with Gasteiger partial charge in [0.15, 0.2) is 11.6 Å². The Morgan fingerprint density at radius 2 is 1.88 bits per heavy atom. The van der Waals surface area contributed by atoms with Crippen LogP contribution in [-0.4, -0.2) is 4.98 Å². The lowest BCUT2D eigenvalue weighted by molar-refractivity contribution is 0.575.